The van der Waals surface area contributed by atoms with Gasteiger partial charge in [-0.15, -0.1) is 0 Å². The first-order valence-corrected chi connectivity index (χ1v) is 6.01. The van der Waals surface area contributed by atoms with Gasteiger partial charge in [-0.05, 0) is 18.2 Å². The van der Waals surface area contributed by atoms with Crippen LogP contribution in [0.15, 0.2) is 36.4 Å². The summed E-state index contributed by atoms with van der Waals surface area (Å²) in [6.45, 7) is 0. The van der Waals surface area contributed by atoms with Crippen molar-refractivity contribution in [2.45, 2.75) is 0 Å². The summed E-state index contributed by atoms with van der Waals surface area (Å²) >= 11 is 0. The predicted octanol–water partition coefficient (Wildman–Crippen LogP) is 3.13. The van der Waals surface area contributed by atoms with Crippen molar-refractivity contribution in [2.75, 3.05) is 12.4 Å². The number of nitro benzene ring substituents is 1. The van der Waals surface area contributed by atoms with Crippen LogP contribution in [0.5, 0.6) is 5.75 Å². The summed E-state index contributed by atoms with van der Waals surface area (Å²) in [4.78, 5) is 22.2. The van der Waals surface area contributed by atoms with Crippen LogP contribution < -0.4 is 10.1 Å². The van der Waals surface area contributed by atoms with E-state index in [0.29, 0.717) is 0 Å². The van der Waals surface area contributed by atoms with Crippen molar-refractivity contribution in [1.82, 2.24) is 0 Å². The Morgan fingerprint density at radius 3 is 2.50 bits per heavy atom. The van der Waals surface area contributed by atoms with E-state index in [2.05, 4.69) is 5.32 Å². The van der Waals surface area contributed by atoms with E-state index in [1.54, 1.807) is 0 Å². The molecule has 0 bridgehead atoms. The van der Waals surface area contributed by atoms with Gasteiger partial charge in [0.25, 0.3) is 11.6 Å². The summed E-state index contributed by atoms with van der Waals surface area (Å²) in [6.07, 6.45) is 0. The molecule has 0 aliphatic carbocycles. The Bertz CT molecular complexity index is 750. The first-order chi connectivity index (χ1) is 10.4. The maximum Gasteiger partial charge on any atom is 0.270 e. The number of rotatable bonds is 4. The zero-order valence-corrected chi connectivity index (χ0v) is 11.3. The average molecular weight is 308 g/mol. The van der Waals surface area contributed by atoms with Gasteiger partial charge in [0.05, 0.1) is 17.6 Å². The number of carbonyl (C=O) groups excluding carboxylic acids is 1. The van der Waals surface area contributed by atoms with Crippen LogP contribution in [0.2, 0.25) is 0 Å². The van der Waals surface area contributed by atoms with Gasteiger partial charge in [0, 0.05) is 23.9 Å². The smallest absolute Gasteiger partial charge is 0.270 e. The number of methoxy groups -OCH3 is 1. The van der Waals surface area contributed by atoms with Crippen LogP contribution >= 0.6 is 0 Å². The lowest BCUT2D eigenvalue weighted by molar-refractivity contribution is -0.384. The van der Waals surface area contributed by atoms with Crippen molar-refractivity contribution in [1.29, 1.82) is 0 Å². The van der Waals surface area contributed by atoms with E-state index in [1.165, 1.54) is 25.3 Å². The van der Waals surface area contributed by atoms with Crippen molar-refractivity contribution in [2.24, 2.45) is 0 Å². The third kappa shape index (κ3) is 3.17. The van der Waals surface area contributed by atoms with Gasteiger partial charge in [-0.1, -0.05) is 0 Å². The summed E-state index contributed by atoms with van der Waals surface area (Å²) in [5.74, 6) is -2.80. The molecule has 0 spiro atoms. The lowest BCUT2D eigenvalue weighted by atomic mass is 10.1. The molecule has 0 heterocycles. The molecule has 2 rings (SSSR count). The highest BCUT2D eigenvalue weighted by atomic mass is 19.2. The number of ether oxygens (including phenoxy) is 1. The average Bonchev–Trinajstić information content (AvgIpc) is 2.50. The van der Waals surface area contributed by atoms with Crippen LogP contribution in [0.4, 0.5) is 20.2 Å². The van der Waals surface area contributed by atoms with Gasteiger partial charge in [0.2, 0.25) is 0 Å². The maximum absolute atomic E-state index is 13.1. The van der Waals surface area contributed by atoms with E-state index in [-0.39, 0.29) is 22.7 Å². The first-order valence-electron chi connectivity index (χ1n) is 6.01. The Morgan fingerprint density at radius 2 is 1.91 bits per heavy atom. The summed E-state index contributed by atoms with van der Waals surface area (Å²) < 4.78 is 30.9. The molecule has 6 nitrogen and oxygen atoms in total. The number of non-ortho nitro benzene ring substituents is 1. The van der Waals surface area contributed by atoms with Crippen LogP contribution in [-0.2, 0) is 0 Å². The molecule has 114 valence electrons. The minimum atomic E-state index is -1.12. The van der Waals surface area contributed by atoms with Crippen LogP contribution in [0.25, 0.3) is 0 Å². The fourth-order valence-corrected chi connectivity index (χ4v) is 1.76. The fourth-order valence-electron chi connectivity index (χ4n) is 1.76. The van der Waals surface area contributed by atoms with Crippen LogP contribution in [0.1, 0.15) is 10.4 Å². The predicted molar refractivity (Wildman–Crippen MR) is 74.0 cm³/mol. The van der Waals surface area contributed by atoms with Gasteiger partial charge in [-0.3, -0.25) is 14.9 Å². The highest BCUT2D eigenvalue weighted by molar-refractivity contribution is 6.06. The molecular weight excluding hydrogens is 298 g/mol. The first kappa shape index (κ1) is 15.4. The van der Waals surface area contributed by atoms with Crippen LogP contribution in [0, 0.1) is 21.7 Å². The summed E-state index contributed by atoms with van der Waals surface area (Å²) in [5.41, 5.74) is -0.380. The fraction of sp³-hybridized carbons (Fsp3) is 0.0714. The minimum absolute atomic E-state index is 0.0115. The Hall–Kier alpha value is -3.03. The Labute approximate surface area is 123 Å². The van der Waals surface area contributed by atoms with Gasteiger partial charge in [0.15, 0.2) is 11.6 Å². The van der Waals surface area contributed by atoms with Crippen LogP contribution in [0.3, 0.4) is 0 Å². The molecule has 0 aromatic heterocycles. The second-order valence-electron chi connectivity index (χ2n) is 4.22. The summed E-state index contributed by atoms with van der Waals surface area (Å²) in [5, 5.41) is 13.1. The van der Waals surface area contributed by atoms with Gasteiger partial charge in [-0.25, -0.2) is 8.78 Å². The zero-order chi connectivity index (χ0) is 16.3. The van der Waals surface area contributed by atoms with E-state index in [9.17, 15) is 23.7 Å². The van der Waals surface area contributed by atoms with E-state index < -0.39 is 22.5 Å². The standard InChI is InChI=1S/C14H10F2N2O4/c1-22-13-5-3-9(18(20)21)7-10(13)14(19)17-8-2-4-11(15)12(16)6-8/h2-7H,1H3,(H,17,19). The number of nitro groups is 1. The van der Waals surface area contributed by atoms with Crippen molar-refractivity contribution in [3.8, 4) is 5.75 Å². The van der Waals surface area contributed by atoms with Gasteiger partial charge in [-0.2, -0.15) is 0 Å². The second-order valence-corrected chi connectivity index (χ2v) is 4.22. The molecular formula is C14H10F2N2O4. The number of hydrogen-bond donors (Lipinski definition) is 1. The van der Waals surface area contributed by atoms with Crippen molar-refractivity contribution < 1.29 is 23.2 Å². The number of anilines is 1. The molecule has 0 aliphatic heterocycles. The number of amides is 1. The molecule has 0 aliphatic rings. The topological polar surface area (TPSA) is 81.5 Å². The van der Waals surface area contributed by atoms with Gasteiger partial charge < -0.3 is 10.1 Å². The monoisotopic (exact) mass is 308 g/mol. The zero-order valence-electron chi connectivity index (χ0n) is 11.3. The van der Waals surface area contributed by atoms with Crippen LogP contribution in [-0.4, -0.2) is 17.9 Å². The van der Waals surface area contributed by atoms with E-state index in [1.807, 2.05) is 0 Å². The number of nitrogens with zero attached hydrogens (tertiary/aromatic N) is 1. The van der Waals surface area contributed by atoms with Crippen molar-refractivity contribution in [3.05, 3.63) is 63.7 Å². The van der Waals surface area contributed by atoms with Gasteiger partial charge >= 0.3 is 0 Å². The maximum atomic E-state index is 13.1. The minimum Gasteiger partial charge on any atom is -0.496 e. The van der Waals surface area contributed by atoms with Crippen molar-refractivity contribution >= 4 is 17.3 Å². The SMILES string of the molecule is COc1ccc([N+](=O)[O-])cc1C(=O)Nc1ccc(F)c(F)c1. The highest BCUT2D eigenvalue weighted by Gasteiger charge is 2.18. The third-order valence-electron chi connectivity index (χ3n) is 2.82. The summed E-state index contributed by atoms with van der Waals surface area (Å²) in [7, 11) is 1.30. The highest BCUT2D eigenvalue weighted by Crippen LogP contribution is 2.25. The number of halogens is 2. The molecule has 0 unspecified atom stereocenters. The Morgan fingerprint density at radius 1 is 1.18 bits per heavy atom. The Balaban J connectivity index is 2.33. The van der Waals surface area contributed by atoms with E-state index in [0.717, 1.165) is 18.2 Å². The number of benzene rings is 2. The molecule has 2 aromatic carbocycles. The normalized spacial score (nSPS) is 10.1. The van der Waals surface area contributed by atoms with Gasteiger partial charge in [0.1, 0.15) is 5.75 Å². The molecule has 0 atom stereocenters. The Kier molecular flexibility index (Phi) is 4.31. The molecule has 0 radical (unpaired) electrons. The molecule has 0 saturated heterocycles. The molecule has 0 fully saturated rings. The second kappa shape index (κ2) is 6.17. The lowest BCUT2D eigenvalue weighted by Crippen LogP contribution is -2.13. The number of nitrogens with one attached hydrogen (secondary N) is 1. The molecule has 0 saturated carbocycles. The molecule has 22 heavy (non-hydrogen) atoms. The number of hydrogen-bond acceptors (Lipinski definition) is 4. The third-order valence-corrected chi connectivity index (χ3v) is 2.82. The molecule has 8 heteroatoms. The molecule has 1 amide bonds. The molecule has 1 N–H and O–H groups in total. The largest absolute Gasteiger partial charge is 0.496 e. The summed E-state index contributed by atoms with van der Waals surface area (Å²) in [6, 6.07) is 6.33. The molecule has 2 aromatic rings. The van der Waals surface area contributed by atoms with Crippen molar-refractivity contribution in [3.63, 3.8) is 0 Å². The van der Waals surface area contributed by atoms with E-state index in [4.69, 9.17) is 4.74 Å². The lowest BCUT2D eigenvalue weighted by Gasteiger charge is -2.09. The number of carbonyl (C=O) groups is 1. The van der Waals surface area contributed by atoms with E-state index >= 15 is 0 Å². The quantitative estimate of drug-likeness (QED) is 0.695.